The van der Waals surface area contributed by atoms with E-state index < -0.39 is 5.60 Å². The number of hydrogen-bond donors (Lipinski definition) is 1. The summed E-state index contributed by atoms with van der Waals surface area (Å²) < 4.78 is 5.27. The molecule has 70 valence electrons. The minimum absolute atomic E-state index is 0.390. The molecule has 2 heterocycles. The van der Waals surface area contributed by atoms with Gasteiger partial charge in [0, 0.05) is 26.3 Å². The van der Waals surface area contributed by atoms with Crippen LogP contribution in [0.4, 0.5) is 0 Å². The molecule has 1 N–H and O–H groups in total. The van der Waals surface area contributed by atoms with Gasteiger partial charge in [0.1, 0.15) is 0 Å². The van der Waals surface area contributed by atoms with Crippen molar-refractivity contribution in [2.24, 2.45) is 5.92 Å². The molecule has 0 radical (unpaired) electrons. The Morgan fingerprint density at radius 2 is 1.92 bits per heavy atom. The van der Waals surface area contributed by atoms with Gasteiger partial charge < -0.3 is 14.7 Å². The van der Waals surface area contributed by atoms with E-state index in [9.17, 15) is 5.11 Å². The summed E-state index contributed by atoms with van der Waals surface area (Å²) in [5, 5.41) is 10.1. The first-order chi connectivity index (χ1) is 5.71. The van der Waals surface area contributed by atoms with Gasteiger partial charge in [-0.15, -0.1) is 0 Å². The van der Waals surface area contributed by atoms with Crippen molar-refractivity contribution in [1.29, 1.82) is 0 Å². The molecular formula is C9H17NO2. The number of rotatable bonds is 1. The van der Waals surface area contributed by atoms with Crippen molar-refractivity contribution in [3.8, 4) is 0 Å². The fraction of sp³-hybridized carbons (Fsp3) is 1.00. The van der Waals surface area contributed by atoms with E-state index >= 15 is 0 Å². The van der Waals surface area contributed by atoms with Crippen LogP contribution in [-0.4, -0.2) is 49.0 Å². The minimum atomic E-state index is -0.390. The number of aliphatic hydroxyl groups is 1. The Kier molecular flexibility index (Phi) is 2.10. The summed E-state index contributed by atoms with van der Waals surface area (Å²) in [5.74, 6) is 0.474. The molecule has 3 nitrogen and oxygen atoms in total. The smallest absolute Gasteiger partial charge is 0.0929 e. The van der Waals surface area contributed by atoms with Crippen LogP contribution in [-0.2, 0) is 4.74 Å². The van der Waals surface area contributed by atoms with E-state index in [4.69, 9.17) is 4.74 Å². The Bertz CT molecular complexity index is 160. The molecule has 0 amide bonds. The quantitative estimate of drug-likeness (QED) is 0.607. The Balaban J connectivity index is 1.90. The van der Waals surface area contributed by atoms with Crippen LogP contribution in [0.2, 0.25) is 0 Å². The third-order valence-corrected chi connectivity index (χ3v) is 3.07. The van der Waals surface area contributed by atoms with Gasteiger partial charge in [-0.2, -0.15) is 0 Å². The van der Waals surface area contributed by atoms with Crippen LogP contribution < -0.4 is 0 Å². The van der Waals surface area contributed by atoms with Crippen molar-refractivity contribution in [1.82, 2.24) is 4.90 Å². The second-order valence-corrected chi connectivity index (χ2v) is 4.16. The van der Waals surface area contributed by atoms with Gasteiger partial charge in [0.2, 0.25) is 0 Å². The van der Waals surface area contributed by atoms with Crippen molar-refractivity contribution in [3.63, 3.8) is 0 Å². The molecule has 0 aromatic rings. The topological polar surface area (TPSA) is 32.7 Å². The fourth-order valence-corrected chi connectivity index (χ4v) is 2.38. The van der Waals surface area contributed by atoms with Gasteiger partial charge in [-0.25, -0.2) is 0 Å². The number of β-amino-alcohol motifs (C(OH)–C–C–N with tert-alkyl or cyclic N) is 1. The predicted octanol–water partition coefficient (Wildman–Crippen LogP) is 0.0895. The van der Waals surface area contributed by atoms with Crippen molar-refractivity contribution in [3.05, 3.63) is 0 Å². The van der Waals surface area contributed by atoms with Gasteiger partial charge in [-0.3, -0.25) is 0 Å². The fourth-order valence-electron chi connectivity index (χ4n) is 2.38. The third kappa shape index (κ3) is 1.37. The monoisotopic (exact) mass is 171 g/mol. The van der Waals surface area contributed by atoms with Gasteiger partial charge in [-0.05, 0) is 25.8 Å². The summed E-state index contributed by atoms with van der Waals surface area (Å²) in [6.07, 6.45) is 2.06. The Hall–Kier alpha value is -0.120. The van der Waals surface area contributed by atoms with E-state index in [1.54, 1.807) is 0 Å². The highest BCUT2D eigenvalue weighted by atomic mass is 16.5. The summed E-state index contributed by atoms with van der Waals surface area (Å²) in [4.78, 5) is 2.16. The largest absolute Gasteiger partial charge is 0.387 e. The molecule has 0 aromatic carbocycles. The number of likely N-dealkylation sites (tertiary alicyclic amines) is 1. The number of hydrogen-bond acceptors (Lipinski definition) is 3. The average Bonchev–Trinajstić information content (AvgIpc) is 2.04. The SMILES string of the molecule is CN1CC(O)(C2CCOCC2)C1. The summed E-state index contributed by atoms with van der Waals surface area (Å²) in [6.45, 7) is 3.35. The van der Waals surface area contributed by atoms with Crippen LogP contribution in [0.5, 0.6) is 0 Å². The summed E-state index contributed by atoms with van der Waals surface area (Å²) >= 11 is 0. The molecule has 0 unspecified atom stereocenters. The van der Waals surface area contributed by atoms with Crippen molar-refractivity contribution < 1.29 is 9.84 Å². The first kappa shape index (κ1) is 8.48. The lowest BCUT2D eigenvalue weighted by Crippen LogP contribution is -2.64. The summed E-state index contributed by atoms with van der Waals surface area (Å²) in [6, 6.07) is 0. The zero-order valence-electron chi connectivity index (χ0n) is 7.62. The van der Waals surface area contributed by atoms with Gasteiger partial charge in [0.15, 0.2) is 0 Å². The zero-order chi connectivity index (χ0) is 8.60. The maximum absolute atomic E-state index is 10.1. The van der Waals surface area contributed by atoms with Gasteiger partial charge >= 0.3 is 0 Å². The average molecular weight is 171 g/mol. The highest BCUT2D eigenvalue weighted by Crippen LogP contribution is 2.33. The zero-order valence-corrected chi connectivity index (χ0v) is 7.62. The molecule has 0 aromatic heterocycles. The first-order valence-electron chi connectivity index (χ1n) is 4.69. The number of ether oxygens (including phenoxy) is 1. The van der Waals surface area contributed by atoms with Crippen LogP contribution in [0.1, 0.15) is 12.8 Å². The van der Waals surface area contributed by atoms with E-state index in [0.717, 1.165) is 39.1 Å². The molecule has 3 heteroatoms. The van der Waals surface area contributed by atoms with E-state index in [1.807, 2.05) is 7.05 Å². The van der Waals surface area contributed by atoms with Crippen molar-refractivity contribution in [2.45, 2.75) is 18.4 Å². The summed E-state index contributed by atoms with van der Waals surface area (Å²) in [7, 11) is 2.05. The molecule has 2 aliphatic rings. The Morgan fingerprint density at radius 1 is 1.33 bits per heavy atom. The first-order valence-corrected chi connectivity index (χ1v) is 4.69. The molecule has 2 aliphatic heterocycles. The number of nitrogens with zero attached hydrogens (tertiary/aromatic N) is 1. The second-order valence-electron chi connectivity index (χ2n) is 4.16. The molecule has 0 spiro atoms. The molecule has 2 rings (SSSR count). The van der Waals surface area contributed by atoms with E-state index in [2.05, 4.69) is 4.90 Å². The maximum Gasteiger partial charge on any atom is 0.0929 e. The molecule has 2 saturated heterocycles. The Labute approximate surface area is 73.3 Å². The normalized spacial score (nSPS) is 31.5. The Morgan fingerprint density at radius 3 is 2.42 bits per heavy atom. The third-order valence-electron chi connectivity index (χ3n) is 3.07. The van der Waals surface area contributed by atoms with Crippen LogP contribution in [0.25, 0.3) is 0 Å². The second kappa shape index (κ2) is 2.98. The molecular weight excluding hydrogens is 154 g/mol. The molecule has 0 bridgehead atoms. The van der Waals surface area contributed by atoms with E-state index in [1.165, 1.54) is 0 Å². The van der Waals surface area contributed by atoms with E-state index in [-0.39, 0.29) is 0 Å². The maximum atomic E-state index is 10.1. The van der Waals surface area contributed by atoms with Gasteiger partial charge in [0.25, 0.3) is 0 Å². The lowest BCUT2D eigenvalue weighted by atomic mass is 9.77. The molecule has 0 atom stereocenters. The minimum Gasteiger partial charge on any atom is -0.387 e. The molecule has 2 fully saturated rings. The van der Waals surface area contributed by atoms with Crippen LogP contribution >= 0.6 is 0 Å². The standard InChI is InChI=1S/C9H17NO2/c1-10-6-9(11,7-10)8-2-4-12-5-3-8/h8,11H,2-7H2,1H3. The van der Waals surface area contributed by atoms with Gasteiger partial charge in [-0.1, -0.05) is 0 Å². The van der Waals surface area contributed by atoms with Crippen LogP contribution in [0, 0.1) is 5.92 Å². The van der Waals surface area contributed by atoms with E-state index in [0.29, 0.717) is 5.92 Å². The van der Waals surface area contributed by atoms with Crippen LogP contribution in [0.3, 0.4) is 0 Å². The summed E-state index contributed by atoms with van der Waals surface area (Å²) in [5.41, 5.74) is -0.390. The molecule has 0 aliphatic carbocycles. The lowest BCUT2D eigenvalue weighted by Gasteiger charge is -2.50. The van der Waals surface area contributed by atoms with Crippen molar-refractivity contribution in [2.75, 3.05) is 33.4 Å². The number of likely N-dealkylation sites (N-methyl/N-ethyl adjacent to an activating group) is 1. The van der Waals surface area contributed by atoms with Crippen molar-refractivity contribution >= 4 is 0 Å². The lowest BCUT2D eigenvalue weighted by molar-refractivity contribution is -0.147. The molecule has 12 heavy (non-hydrogen) atoms. The highest BCUT2D eigenvalue weighted by molar-refractivity contribution is 4.99. The molecule has 0 saturated carbocycles. The predicted molar refractivity (Wildman–Crippen MR) is 46.0 cm³/mol. The van der Waals surface area contributed by atoms with Gasteiger partial charge in [0.05, 0.1) is 5.60 Å². The highest BCUT2D eigenvalue weighted by Gasteiger charge is 2.45. The van der Waals surface area contributed by atoms with Crippen LogP contribution in [0.15, 0.2) is 0 Å².